The number of alkyl carbamates (subject to hydrolysis) is 1. The minimum Gasteiger partial charge on any atom is -0.444 e. The van der Waals surface area contributed by atoms with Crippen LogP contribution >= 0.6 is 0 Å². The van der Waals surface area contributed by atoms with Gasteiger partial charge in [-0.2, -0.15) is 0 Å². The zero-order chi connectivity index (χ0) is 14.7. The molecule has 5 nitrogen and oxygen atoms in total. The average Bonchev–Trinajstić information content (AvgIpc) is 2.18. The maximum atomic E-state index is 12.8. The molecule has 19 heavy (non-hydrogen) atoms. The quantitative estimate of drug-likeness (QED) is 0.709. The van der Waals surface area contributed by atoms with Gasteiger partial charge in [-0.25, -0.2) is 13.6 Å². The Kier molecular flexibility index (Phi) is 5.09. The van der Waals surface area contributed by atoms with Crippen LogP contribution in [0.2, 0.25) is 0 Å². The molecule has 0 aliphatic heterocycles. The van der Waals surface area contributed by atoms with E-state index in [4.69, 9.17) is 9.84 Å². The van der Waals surface area contributed by atoms with E-state index in [9.17, 15) is 13.6 Å². The van der Waals surface area contributed by atoms with Crippen molar-refractivity contribution in [1.82, 2.24) is 10.6 Å². The van der Waals surface area contributed by atoms with Crippen LogP contribution in [0.4, 0.5) is 13.6 Å². The van der Waals surface area contributed by atoms with Gasteiger partial charge in [-0.3, -0.25) is 0 Å². The summed E-state index contributed by atoms with van der Waals surface area (Å²) in [6.07, 6.45) is 0.679. The van der Waals surface area contributed by atoms with E-state index in [0.717, 1.165) is 0 Å². The lowest BCUT2D eigenvalue weighted by Gasteiger charge is -2.37. The van der Waals surface area contributed by atoms with Crippen molar-refractivity contribution < 1.29 is 23.4 Å². The molecule has 1 amide bonds. The van der Waals surface area contributed by atoms with Crippen molar-refractivity contribution >= 4 is 6.09 Å². The fourth-order valence-corrected chi connectivity index (χ4v) is 1.73. The molecule has 7 heteroatoms. The third kappa shape index (κ3) is 6.15. The van der Waals surface area contributed by atoms with Gasteiger partial charge < -0.3 is 20.5 Å². The number of nitrogens with one attached hydrogen (secondary N) is 2. The highest BCUT2D eigenvalue weighted by Gasteiger charge is 2.34. The van der Waals surface area contributed by atoms with Crippen molar-refractivity contribution in [2.24, 2.45) is 0 Å². The molecule has 0 bridgehead atoms. The highest BCUT2D eigenvalue weighted by molar-refractivity contribution is 5.68. The van der Waals surface area contributed by atoms with E-state index >= 15 is 0 Å². The van der Waals surface area contributed by atoms with E-state index in [1.807, 2.05) is 0 Å². The summed E-state index contributed by atoms with van der Waals surface area (Å²) in [6, 6.07) is -0.104. The number of carbonyl (C=O) groups excluding carboxylic acids is 1. The first kappa shape index (κ1) is 16.1. The molecule has 0 atom stereocenters. The molecule has 0 aromatic rings. The van der Waals surface area contributed by atoms with Gasteiger partial charge in [0.1, 0.15) is 12.2 Å². The third-order valence-corrected chi connectivity index (χ3v) is 2.74. The average molecular weight is 280 g/mol. The summed E-state index contributed by atoms with van der Waals surface area (Å²) in [7, 11) is 0. The van der Waals surface area contributed by atoms with E-state index in [-0.39, 0.29) is 12.1 Å². The molecule has 1 fully saturated rings. The summed E-state index contributed by atoms with van der Waals surface area (Å²) in [5, 5.41) is 13.7. The van der Waals surface area contributed by atoms with Crippen molar-refractivity contribution in [2.45, 2.75) is 57.2 Å². The number of aliphatic hydroxyl groups excluding tert-OH is 1. The predicted molar refractivity (Wildman–Crippen MR) is 66.2 cm³/mol. The van der Waals surface area contributed by atoms with Crippen LogP contribution < -0.4 is 10.6 Å². The van der Waals surface area contributed by atoms with Gasteiger partial charge in [-0.15, -0.1) is 0 Å². The van der Waals surface area contributed by atoms with Gasteiger partial charge in [0.2, 0.25) is 0 Å². The first-order valence-electron chi connectivity index (χ1n) is 6.33. The molecule has 1 aliphatic rings. The molecule has 3 N–H and O–H groups in total. The van der Waals surface area contributed by atoms with Gasteiger partial charge in [0.25, 0.3) is 5.92 Å². The Bertz CT molecular complexity index is 313. The second kappa shape index (κ2) is 6.00. The number of aliphatic hydroxyl groups is 1. The maximum Gasteiger partial charge on any atom is 0.407 e. The summed E-state index contributed by atoms with van der Waals surface area (Å²) in [5.41, 5.74) is -0.547. The molecule has 1 aliphatic carbocycles. The summed E-state index contributed by atoms with van der Waals surface area (Å²) in [4.78, 5) is 11.4. The number of rotatable bonds is 5. The Balaban J connectivity index is 2.15. The van der Waals surface area contributed by atoms with Crippen LogP contribution in [0.1, 0.15) is 33.6 Å². The normalized spacial score (nSPS) is 23.7. The number of alkyl halides is 2. The fraction of sp³-hybridized carbons (Fsp3) is 0.917. The zero-order valence-corrected chi connectivity index (χ0v) is 11.5. The minimum atomic E-state index is -3.09. The molecule has 0 heterocycles. The number of halogens is 2. The fourth-order valence-electron chi connectivity index (χ4n) is 1.73. The SMILES string of the molecule is CC(C)(C)OC(=O)NC1CC(NCC(F)(F)CO)C1. The number of carbonyl (C=O) groups is 1. The van der Waals surface area contributed by atoms with E-state index < -0.39 is 30.8 Å². The van der Waals surface area contributed by atoms with Crippen LogP contribution in [0, 0.1) is 0 Å². The number of amides is 1. The van der Waals surface area contributed by atoms with Crippen molar-refractivity contribution in [3.05, 3.63) is 0 Å². The van der Waals surface area contributed by atoms with Crippen LogP contribution in [0.15, 0.2) is 0 Å². The smallest absolute Gasteiger partial charge is 0.407 e. The lowest BCUT2D eigenvalue weighted by molar-refractivity contribution is -0.0516. The van der Waals surface area contributed by atoms with Crippen LogP contribution in [-0.2, 0) is 4.74 Å². The van der Waals surface area contributed by atoms with E-state index in [2.05, 4.69) is 10.6 Å². The lowest BCUT2D eigenvalue weighted by Crippen LogP contribution is -2.55. The standard InChI is InChI=1S/C12H22F2N2O3/c1-11(2,3)19-10(18)16-9-4-8(5-9)15-6-12(13,14)7-17/h8-9,15,17H,4-7H2,1-3H3,(H,16,18). The van der Waals surface area contributed by atoms with Gasteiger partial charge in [0, 0.05) is 12.1 Å². The van der Waals surface area contributed by atoms with Crippen LogP contribution in [0.3, 0.4) is 0 Å². The van der Waals surface area contributed by atoms with Crippen LogP contribution in [0.25, 0.3) is 0 Å². The Morgan fingerprint density at radius 3 is 2.37 bits per heavy atom. The monoisotopic (exact) mass is 280 g/mol. The summed E-state index contributed by atoms with van der Waals surface area (Å²) in [6.45, 7) is 3.61. The molecule has 0 spiro atoms. The first-order valence-corrected chi connectivity index (χ1v) is 6.33. The van der Waals surface area contributed by atoms with E-state index in [0.29, 0.717) is 12.8 Å². The second-order valence-corrected chi connectivity index (χ2v) is 5.91. The van der Waals surface area contributed by atoms with Crippen molar-refractivity contribution in [3.63, 3.8) is 0 Å². The van der Waals surface area contributed by atoms with Gasteiger partial charge in [0.15, 0.2) is 0 Å². The van der Waals surface area contributed by atoms with Gasteiger partial charge in [-0.1, -0.05) is 0 Å². The summed E-state index contributed by atoms with van der Waals surface area (Å²) in [5.74, 6) is -3.09. The van der Waals surface area contributed by atoms with Gasteiger partial charge in [-0.05, 0) is 33.6 Å². The Morgan fingerprint density at radius 2 is 1.89 bits per heavy atom. The molecule has 0 radical (unpaired) electrons. The van der Waals surface area contributed by atoms with Gasteiger partial charge >= 0.3 is 6.09 Å². The van der Waals surface area contributed by atoms with Crippen molar-refractivity contribution in [3.8, 4) is 0 Å². The zero-order valence-electron chi connectivity index (χ0n) is 11.5. The van der Waals surface area contributed by atoms with E-state index in [1.165, 1.54) is 0 Å². The van der Waals surface area contributed by atoms with Crippen molar-refractivity contribution in [2.75, 3.05) is 13.2 Å². The summed E-state index contributed by atoms with van der Waals surface area (Å²) < 4.78 is 30.6. The second-order valence-electron chi connectivity index (χ2n) is 5.91. The Labute approximate surface area is 111 Å². The largest absolute Gasteiger partial charge is 0.444 e. The highest BCUT2D eigenvalue weighted by Crippen LogP contribution is 2.22. The molecular formula is C12H22F2N2O3. The molecule has 1 rings (SSSR count). The summed E-state index contributed by atoms with van der Waals surface area (Å²) >= 11 is 0. The number of ether oxygens (including phenoxy) is 1. The maximum absolute atomic E-state index is 12.8. The predicted octanol–water partition coefficient (Wildman–Crippen LogP) is 1.26. The van der Waals surface area contributed by atoms with Crippen molar-refractivity contribution in [1.29, 1.82) is 0 Å². The van der Waals surface area contributed by atoms with Gasteiger partial charge in [0.05, 0.1) is 6.54 Å². The topological polar surface area (TPSA) is 70.6 Å². The number of hydrogen-bond donors (Lipinski definition) is 3. The molecule has 0 aromatic heterocycles. The minimum absolute atomic E-state index is 0.0462. The third-order valence-electron chi connectivity index (χ3n) is 2.74. The number of hydrogen-bond acceptors (Lipinski definition) is 4. The Morgan fingerprint density at radius 1 is 1.32 bits per heavy atom. The van der Waals surface area contributed by atoms with Crippen LogP contribution in [-0.4, -0.2) is 48.0 Å². The molecule has 0 unspecified atom stereocenters. The molecule has 112 valence electrons. The molecule has 0 saturated heterocycles. The molecular weight excluding hydrogens is 258 g/mol. The highest BCUT2D eigenvalue weighted by atomic mass is 19.3. The lowest BCUT2D eigenvalue weighted by atomic mass is 9.87. The van der Waals surface area contributed by atoms with Crippen LogP contribution in [0.5, 0.6) is 0 Å². The molecule has 1 saturated carbocycles. The van der Waals surface area contributed by atoms with E-state index in [1.54, 1.807) is 20.8 Å². The molecule has 0 aromatic carbocycles. The Hall–Kier alpha value is -0.950. The first-order chi connectivity index (χ1) is 8.61.